The number of anilines is 1. The molecule has 5 nitrogen and oxygen atoms in total. The van der Waals surface area contributed by atoms with Crippen LogP contribution < -0.4 is 5.32 Å². The number of aryl methyl sites for hydroxylation is 2. The van der Waals surface area contributed by atoms with E-state index in [9.17, 15) is 9.18 Å². The highest BCUT2D eigenvalue weighted by Gasteiger charge is 2.31. The molecule has 0 atom stereocenters. The first-order valence-corrected chi connectivity index (χ1v) is 8.23. The lowest BCUT2D eigenvalue weighted by Gasteiger charge is -2.21. The van der Waals surface area contributed by atoms with Crippen LogP contribution >= 0.6 is 0 Å². The lowest BCUT2D eigenvalue weighted by atomic mass is 10.2. The van der Waals surface area contributed by atoms with Gasteiger partial charge in [-0.25, -0.2) is 4.39 Å². The third-order valence-corrected chi connectivity index (χ3v) is 4.51. The molecule has 1 saturated carbocycles. The number of nitrogens with zero attached hydrogens (tertiary/aromatic N) is 3. The second kappa shape index (κ2) is 6.73. The van der Waals surface area contributed by atoms with Crippen LogP contribution in [0.2, 0.25) is 0 Å². The fraction of sp³-hybridized carbons (Fsp3) is 0.444. The Kier molecular flexibility index (Phi) is 4.66. The summed E-state index contributed by atoms with van der Waals surface area (Å²) in [6.45, 7) is 4.51. The molecule has 2 aromatic rings. The van der Waals surface area contributed by atoms with Crippen LogP contribution in [-0.4, -0.2) is 33.2 Å². The summed E-state index contributed by atoms with van der Waals surface area (Å²) in [5, 5.41) is 7.26. The van der Waals surface area contributed by atoms with Crippen LogP contribution in [0.4, 0.5) is 10.1 Å². The highest BCUT2D eigenvalue weighted by Crippen LogP contribution is 2.29. The summed E-state index contributed by atoms with van der Waals surface area (Å²) in [5.74, 6) is -0.306. The van der Waals surface area contributed by atoms with E-state index in [1.807, 2.05) is 27.0 Å². The summed E-state index contributed by atoms with van der Waals surface area (Å²) >= 11 is 0. The van der Waals surface area contributed by atoms with Crippen molar-refractivity contribution in [2.75, 3.05) is 11.9 Å². The van der Waals surface area contributed by atoms with E-state index in [2.05, 4.69) is 15.3 Å². The van der Waals surface area contributed by atoms with Crippen molar-refractivity contribution in [2.45, 2.75) is 39.3 Å². The molecule has 0 aliphatic heterocycles. The van der Waals surface area contributed by atoms with Gasteiger partial charge in [-0.1, -0.05) is 18.2 Å². The van der Waals surface area contributed by atoms with Crippen LogP contribution in [0, 0.1) is 19.7 Å². The van der Waals surface area contributed by atoms with Crippen LogP contribution in [-0.2, 0) is 18.4 Å². The van der Waals surface area contributed by atoms with Crippen LogP contribution in [0.25, 0.3) is 0 Å². The molecule has 0 bridgehead atoms. The first kappa shape index (κ1) is 16.6. The van der Waals surface area contributed by atoms with Crippen LogP contribution in [0.1, 0.15) is 29.8 Å². The molecular formula is C18H23FN4O. The molecule has 0 unspecified atom stereocenters. The Morgan fingerprint density at radius 3 is 2.67 bits per heavy atom. The summed E-state index contributed by atoms with van der Waals surface area (Å²) in [7, 11) is 1.85. The van der Waals surface area contributed by atoms with Crippen molar-refractivity contribution in [3.8, 4) is 0 Å². The molecule has 6 heteroatoms. The van der Waals surface area contributed by atoms with Crippen LogP contribution in [0.5, 0.6) is 0 Å². The second-order valence-corrected chi connectivity index (χ2v) is 6.45. The number of rotatable bonds is 6. The van der Waals surface area contributed by atoms with Gasteiger partial charge in [0.1, 0.15) is 5.82 Å². The molecule has 24 heavy (non-hydrogen) atoms. The number of carbonyl (C=O) groups is 1. The minimum atomic E-state index is -0.220. The standard InChI is InChI=1S/C18H23FN4O/c1-12-18(13(2)22(3)21-12)20-17(24)11-23(15-8-9-15)10-14-6-4-5-7-16(14)19/h4-7,15H,8-11H2,1-3H3,(H,20,24). The number of hydrogen-bond donors (Lipinski definition) is 1. The minimum Gasteiger partial charge on any atom is -0.322 e. The highest BCUT2D eigenvalue weighted by molar-refractivity contribution is 5.93. The van der Waals surface area contributed by atoms with Gasteiger partial charge in [0.05, 0.1) is 23.6 Å². The van der Waals surface area contributed by atoms with Crippen LogP contribution in [0.15, 0.2) is 24.3 Å². The molecule has 1 heterocycles. The molecule has 3 rings (SSSR count). The summed E-state index contributed by atoms with van der Waals surface area (Å²) in [6.07, 6.45) is 2.12. The van der Waals surface area contributed by atoms with Crippen molar-refractivity contribution in [1.82, 2.24) is 14.7 Å². The molecular weight excluding hydrogens is 307 g/mol. The third kappa shape index (κ3) is 3.64. The Morgan fingerprint density at radius 1 is 1.38 bits per heavy atom. The first-order valence-electron chi connectivity index (χ1n) is 8.23. The fourth-order valence-electron chi connectivity index (χ4n) is 2.92. The van der Waals surface area contributed by atoms with E-state index in [1.165, 1.54) is 6.07 Å². The van der Waals surface area contributed by atoms with Gasteiger partial charge in [-0.2, -0.15) is 5.10 Å². The predicted octanol–water partition coefficient (Wildman–Crippen LogP) is 2.78. The average Bonchev–Trinajstić information content (AvgIpc) is 3.34. The van der Waals surface area contributed by atoms with E-state index < -0.39 is 0 Å². The molecule has 1 aliphatic rings. The van der Waals surface area contributed by atoms with Gasteiger partial charge in [-0.05, 0) is 32.8 Å². The maximum atomic E-state index is 13.9. The lowest BCUT2D eigenvalue weighted by molar-refractivity contribution is -0.117. The maximum Gasteiger partial charge on any atom is 0.238 e. The number of benzene rings is 1. The van der Waals surface area contributed by atoms with E-state index in [-0.39, 0.29) is 18.3 Å². The Labute approximate surface area is 141 Å². The molecule has 1 aromatic heterocycles. The summed E-state index contributed by atoms with van der Waals surface area (Å²) < 4.78 is 15.6. The van der Waals surface area contributed by atoms with Crippen molar-refractivity contribution >= 4 is 11.6 Å². The Morgan fingerprint density at radius 2 is 2.08 bits per heavy atom. The van der Waals surface area contributed by atoms with Gasteiger partial charge in [0.25, 0.3) is 0 Å². The Bertz CT molecular complexity index is 751. The SMILES string of the molecule is Cc1nn(C)c(C)c1NC(=O)CN(Cc1ccccc1F)C1CC1. The number of amides is 1. The van der Waals surface area contributed by atoms with E-state index in [1.54, 1.807) is 16.8 Å². The zero-order valence-electron chi connectivity index (χ0n) is 14.3. The average molecular weight is 330 g/mol. The molecule has 128 valence electrons. The molecule has 1 N–H and O–H groups in total. The smallest absolute Gasteiger partial charge is 0.238 e. The number of halogens is 1. The maximum absolute atomic E-state index is 13.9. The second-order valence-electron chi connectivity index (χ2n) is 6.45. The van der Waals surface area contributed by atoms with Crippen molar-refractivity contribution in [1.29, 1.82) is 0 Å². The molecule has 0 spiro atoms. The fourth-order valence-corrected chi connectivity index (χ4v) is 2.92. The summed E-state index contributed by atoms with van der Waals surface area (Å²) in [4.78, 5) is 14.5. The quantitative estimate of drug-likeness (QED) is 0.886. The molecule has 1 aliphatic carbocycles. The number of hydrogen-bond acceptors (Lipinski definition) is 3. The van der Waals surface area contributed by atoms with Gasteiger partial charge in [0.2, 0.25) is 5.91 Å². The van der Waals surface area contributed by atoms with Gasteiger partial charge in [-0.3, -0.25) is 14.4 Å². The van der Waals surface area contributed by atoms with Crippen molar-refractivity contribution in [3.05, 3.63) is 47.0 Å². The van der Waals surface area contributed by atoms with Gasteiger partial charge >= 0.3 is 0 Å². The zero-order chi connectivity index (χ0) is 17.3. The monoisotopic (exact) mass is 330 g/mol. The van der Waals surface area contributed by atoms with E-state index in [4.69, 9.17) is 0 Å². The zero-order valence-corrected chi connectivity index (χ0v) is 14.3. The van der Waals surface area contributed by atoms with Crippen LogP contribution in [0.3, 0.4) is 0 Å². The predicted molar refractivity (Wildman–Crippen MR) is 91.1 cm³/mol. The lowest BCUT2D eigenvalue weighted by Crippen LogP contribution is -2.35. The van der Waals surface area contributed by atoms with E-state index in [0.717, 1.165) is 29.9 Å². The van der Waals surface area contributed by atoms with Gasteiger partial charge < -0.3 is 5.32 Å². The van der Waals surface area contributed by atoms with E-state index >= 15 is 0 Å². The number of aromatic nitrogens is 2. The highest BCUT2D eigenvalue weighted by atomic mass is 19.1. The normalized spacial score (nSPS) is 14.2. The van der Waals surface area contributed by atoms with Gasteiger partial charge in [-0.15, -0.1) is 0 Å². The Hall–Kier alpha value is -2.21. The van der Waals surface area contributed by atoms with Gasteiger partial charge in [0, 0.05) is 25.2 Å². The van der Waals surface area contributed by atoms with Crippen molar-refractivity contribution < 1.29 is 9.18 Å². The molecule has 0 radical (unpaired) electrons. The van der Waals surface area contributed by atoms with Crippen molar-refractivity contribution in [3.63, 3.8) is 0 Å². The third-order valence-electron chi connectivity index (χ3n) is 4.51. The molecule has 1 aromatic carbocycles. The number of carbonyl (C=O) groups excluding carboxylic acids is 1. The minimum absolute atomic E-state index is 0.0857. The molecule has 0 saturated heterocycles. The molecule has 1 fully saturated rings. The van der Waals surface area contributed by atoms with Gasteiger partial charge in [0.15, 0.2) is 0 Å². The largest absolute Gasteiger partial charge is 0.322 e. The molecule has 1 amide bonds. The first-order chi connectivity index (χ1) is 11.5. The number of nitrogens with one attached hydrogen (secondary N) is 1. The Balaban J connectivity index is 1.67. The van der Waals surface area contributed by atoms with Crippen molar-refractivity contribution in [2.24, 2.45) is 7.05 Å². The summed E-state index contributed by atoms with van der Waals surface area (Å²) in [5.41, 5.74) is 3.12. The topological polar surface area (TPSA) is 50.2 Å². The van der Waals surface area contributed by atoms with E-state index in [0.29, 0.717) is 18.2 Å². The summed E-state index contributed by atoms with van der Waals surface area (Å²) in [6, 6.07) is 7.11.